The standard InChI is InChI=1S/C9H12O4/c10-7(11)3-5-1-2-6-4-13-9(12)8(5)6/h5,9,12H,1-4H2,(H,10,11). The van der Waals surface area contributed by atoms with Crippen LogP contribution in [0.3, 0.4) is 0 Å². The second kappa shape index (κ2) is 3.12. The highest BCUT2D eigenvalue weighted by Crippen LogP contribution is 2.40. The molecule has 72 valence electrons. The van der Waals surface area contributed by atoms with Crippen LogP contribution < -0.4 is 0 Å². The Morgan fingerprint density at radius 1 is 1.62 bits per heavy atom. The molecule has 2 aliphatic rings. The summed E-state index contributed by atoms with van der Waals surface area (Å²) >= 11 is 0. The number of carbonyl (C=O) groups is 1. The maximum Gasteiger partial charge on any atom is 0.303 e. The quantitative estimate of drug-likeness (QED) is 0.614. The van der Waals surface area contributed by atoms with Gasteiger partial charge in [0.1, 0.15) is 0 Å². The van der Waals surface area contributed by atoms with Crippen LogP contribution in [0.2, 0.25) is 0 Å². The first-order chi connectivity index (χ1) is 6.18. The Balaban J connectivity index is 2.11. The molecular formula is C9H12O4. The van der Waals surface area contributed by atoms with E-state index < -0.39 is 12.3 Å². The van der Waals surface area contributed by atoms with E-state index in [1.807, 2.05) is 0 Å². The first-order valence-corrected chi connectivity index (χ1v) is 4.41. The van der Waals surface area contributed by atoms with Crippen LogP contribution in [0.25, 0.3) is 0 Å². The number of hydrogen-bond donors (Lipinski definition) is 2. The highest BCUT2D eigenvalue weighted by atomic mass is 16.6. The van der Waals surface area contributed by atoms with Gasteiger partial charge in [-0.2, -0.15) is 0 Å². The summed E-state index contributed by atoms with van der Waals surface area (Å²) < 4.78 is 5.02. The van der Waals surface area contributed by atoms with E-state index >= 15 is 0 Å². The Hall–Kier alpha value is -0.870. The number of rotatable bonds is 2. The summed E-state index contributed by atoms with van der Waals surface area (Å²) in [4.78, 5) is 10.5. The Morgan fingerprint density at radius 3 is 3.08 bits per heavy atom. The third-order valence-corrected chi connectivity index (χ3v) is 2.75. The number of aliphatic hydroxyl groups is 1. The molecule has 4 heteroatoms. The van der Waals surface area contributed by atoms with Gasteiger partial charge < -0.3 is 14.9 Å². The average molecular weight is 184 g/mol. The Kier molecular flexibility index (Phi) is 2.09. The number of ether oxygens (including phenoxy) is 1. The fourth-order valence-electron chi connectivity index (χ4n) is 2.16. The van der Waals surface area contributed by atoms with Crippen LogP contribution >= 0.6 is 0 Å². The molecule has 0 bridgehead atoms. The van der Waals surface area contributed by atoms with E-state index in [0.717, 1.165) is 24.0 Å². The van der Waals surface area contributed by atoms with Gasteiger partial charge in [0.05, 0.1) is 13.0 Å². The zero-order valence-electron chi connectivity index (χ0n) is 7.19. The number of hydrogen-bond acceptors (Lipinski definition) is 3. The first-order valence-electron chi connectivity index (χ1n) is 4.41. The lowest BCUT2D eigenvalue weighted by Gasteiger charge is -2.14. The smallest absolute Gasteiger partial charge is 0.303 e. The van der Waals surface area contributed by atoms with Crippen molar-refractivity contribution in [2.45, 2.75) is 25.6 Å². The highest BCUT2D eigenvalue weighted by molar-refractivity contribution is 5.68. The summed E-state index contributed by atoms with van der Waals surface area (Å²) in [7, 11) is 0. The SMILES string of the molecule is O=C(O)CC1CCC2=C1C(O)OC2. The molecule has 0 aromatic heterocycles. The molecule has 0 aromatic rings. The van der Waals surface area contributed by atoms with Crippen LogP contribution in [0.4, 0.5) is 0 Å². The molecule has 4 nitrogen and oxygen atoms in total. The van der Waals surface area contributed by atoms with Crippen LogP contribution in [-0.4, -0.2) is 29.1 Å². The Labute approximate surface area is 75.8 Å². The lowest BCUT2D eigenvalue weighted by atomic mass is 9.97. The van der Waals surface area contributed by atoms with E-state index in [-0.39, 0.29) is 12.3 Å². The van der Waals surface area contributed by atoms with E-state index in [0.29, 0.717) is 6.61 Å². The zero-order valence-corrected chi connectivity index (χ0v) is 7.19. The summed E-state index contributed by atoms with van der Waals surface area (Å²) in [5.74, 6) is -0.817. The molecule has 2 atom stereocenters. The van der Waals surface area contributed by atoms with Crippen LogP contribution in [-0.2, 0) is 9.53 Å². The first kappa shape index (κ1) is 8.72. The topological polar surface area (TPSA) is 66.8 Å². The van der Waals surface area contributed by atoms with Gasteiger partial charge in [0, 0.05) is 0 Å². The minimum absolute atomic E-state index is 0.00926. The van der Waals surface area contributed by atoms with Gasteiger partial charge in [-0.15, -0.1) is 0 Å². The zero-order chi connectivity index (χ0) is 9.42. The molecule has 2 rings (SSSR count). The lowest BCUT2D eigenvalue weighted by molar-refractivity contribution is -0.138. The third kappa shape index (κ3) is 1.47. The normalized spacial score (nSPS) is 32.4. The van der Waals surface area contributed by atoms with Crippen molar-refractivity contribution in [2.24, 2.45) is 5.92 Å². The predicted octanol–water partition coefficient (Wildman–Crippen LogP) is 0.516. The van der Waals surface area contributed by atoms with E-state index in [2.05, 4.69) is 0 Å². The Morgan fingerprint density at radius 2 is 2.38 bits per heavy atom. The maximum absolute atomic E-state index is 10.5. The maximum atomic E-state index is 10.5. The van der Waals surface area contributed by atoms with E-state index in [9.17, 15) is 9.90 Å². The molecule has 1 aliphatic heterocycles. The summed E-state index contributed by atoms with van der Waals surface area (Å²) in [6.07, 6.45) is 0.989. The molecule has 0 saturated carbocycles. The van der Waals surface area contributed by atoms with Crippen LogP contribution in [0.1, 0.15) is 19.3 Å². The van der Waals surface area contributed by atoms with Gasteiger partial charge in [-0.05, 0) is 29.9 Å². The van der Waals surface area contributed by atoms with E-state index in [1.165, 1.54) is 0 Å². The van der Waals surface area contributed by atoms with Gasteiger partial charge in [0.15, 0.2) is 6.29 Å². The molecule has 0 fully saturated rings. The molecule has 0 spiro atoms. The van der Waals surface area contributed by atoms with Crippen LogP contribution in [0, 0.1) is 5.92 Å². The molecule has 2 unspecified atom stereocenters. The summed E-state index contributed by atoms with van der Waals surface area (Å²) in [5.41, 5.74) is 1.95. The van der Waals surface area contributed by atoms with Crippen molar-refractivity contribution < 1.29 is 19.7 Å². The molecule has 0 radical (unpaired) electrons. The summed E-state index contributed by atoms with van der Waals surface area (Å²) in [5, 5.41) is 18.0. The largest absolute Gasteiger partial charge is 0.481 e. The molecular weight excluding hydrogens is 172 g/mol. The van der Waals surface area contributed by atoms with Crippen molar-refractivity contribution in [1.82, 2.24) is 0 Å². The van der Waals surface area contributed by atoms with Crippen molar-refractivity contribution >= 4 is 5.97 Å². The molecule has 2 N–H and O–H groups in total. The fraction of sp³-hybridized carbons (Fsp3) is 0.667. The van der Waals surface area contributed by atoms with Crippen molar-refractivity contribution in [3.63, 3.8) is 0 Å². The minimum Gasteiger partial charge on any atom is -0.481 e. The Bertz CT molecular complexity index is 269. The monoisotopic (exact) mass is 184 g/mol. The third-order valence-electron chi connectivity index (χ3n) is 2.75. The van der Waals surface area contributed by atoms with Crippen molar-refractivity contribution in [2.75, 3.05) is 6.61 Å². The number of aliphatic hydroxyl groups excluding tert-OH is 1. The molecule has 1 aliphatic carbocycles. The van der Waals surface area contributed by atoms with Gasteiger partial charge in [-0.3, -0.25) is 4.79 Å². The van der Waals surface area contributed by atoms with Crippen molar-refractivity contribution in [3.8, 4) is 0 Å². The minimum atomic E-state index is -0.846. The van der Waals surface area contributed by atoms with Gasteiger partial charge in [-0.25, -0.2) is 0 Å². The van der Waals surface area contributed by atoms with Crippen molar-refractivity contribution in [1.29, 1.82) is 0 Å². The number of carboxylic acid groups (broad SMARTS) is 1. The molecule has 13 heavy (non-hydrogen) atoms. The summed E-state index contributed by atoms with van der Waals surface area (Å²) in [6.45, 7) is 0.479. The van der Waals surface area contributed by atoms with Crippen LogP contribution in [0.15, 0.2) is 11.1 Å². The van der Waals surface area contributed by atoms with Gasteiger partial charge in [0.2, 0.25) is 0 Å². The fourth-order valence-corrected chi connectivity index (χ4v) is 2.16. The van der Waals surface area contributed by atoms with Gasteiger partial charge >= 0.3 is 5.97 Å². The van der Waals surface area contributed by atoms with E-state index in [4.69, 9.17) is 9.84 Å². The average Bonchev–Trinajstić information content (AvgIpc) is 2.56. The predicted molar refractivity (Wildman–Crippen MR) is 44.0 cm³/mol. The lowest BCUT2D eigenvalue weighted by Crippen LogP contribution is -2.17. The highest BCUT2D eigenvalue weighted by Gasteiger charge is 2.36. The molecule has 1 heterocycles. The second-order valence-electron chi connectivity index (χ2n) is 3.56. The van der Waals surface area contributed by atoms with Gasteiger partial charge in [-0.1, -0.05) is 0 Å². The second-order valence-corrected chi connectivity index (χ2v) is 3.56. The van der Waals surface area contributed by atoms with Gasteiger partial charge in [0.25, 0.3) is 0 Å². The molecule has 0 aromatic carbocycles. The number of carboxylic acids is 1. The molecule has 0 amide bonds. The van der Waals surface area contributed by atoms with E-state index in [1.54, 1.807) is 0 Å². The van der Waals surface area contributed by atoms with Crippen molar-refractivity contribution in [3.05, 3.63) is 11.1 Å². The summed E-state index contributed by atoms with van der Waals surface area (Å²) in [6, 6.07) is 0. The van der Waals surface area contributed by atoms with Crippen LogP contribution in [0.5, 0.6) is 0 Å². The number of aliphatic carboxylic acids is 1. The molecule has 0 saturated heterocycles.